The number of hydrogen-bond donors (Lipinski definition) is 0. The second kappa shape index (κ2) is 9.23. The van der Waals surface area contributed by atoms with Gasteiger partial charge in [0.1, 0.15) is 5.65 Å². The van der Waals surface area contributed by atoms with Crippen LogP contribution in [0.2, 0.25) is 0 Å². The van der Waals surface area contributed by atoms with E-state index in [2.05, 4.69) is 20.2 Å². The van der Waals surface area contributed by atoms with E-state index >= 15 is 0 Å². The Hall–Kier alpha value is -3.99. The van der Waals surface area contributed by atoms with Gasteiger partial charge in [0.05, 0.1) is 5.39 Å². The van der Waals surface area contributed by atoms with Crippen molar-refractivity contribution < 1.29 is 18.0 Å². The van der Waals surface area contributed by atoms with Crippen molar-refractivity contribution >= 4 is 38.9 Å². The van der Waals surface area contributed by atoms with Crippen LogP contribution in [0.1, 0.15) is 47.4 Å². The molecule has 0 saturated heterocycles. The van der Waals surface area contributed by atoms with Crippen LogP contribution < -0.4 is 5.56 Å². The van der Waals surface area contributed by atoms with E-state index in [1.54, 1.807) is 23.0 Å². The Bertz CT molecular complexity index is 1630. The quantitative estimate of drug-likeness (QED) is 0.278. The van der Waals surface area contributed by atoms with Gasteiger partial charge in [-0.2, -0.15) is 24.5 Å². The van der Waals surface area contributed by atoms with E-state index in [0.717, 1.165) is 22.4 Å². The Morgan fingerprint density at radius 1 is 1.06 bits per heavy atom. The SMILES string of the molecule is C[C@H](CCC(=O)c1cnc2c(c1)c1cscc1c(=O)n2-c1ccc(C(F)(F)F)nn1)c1ccccn1. The van der Waals surface area contributed by atoms with Gasteiger partial charge in [-0.1, -0.05) is 13.0 Å². The molecule has 0 saturated carbocycles. The molecule has 5 aromatic rings. The van der Waals surface area contributed by atoms with E-state index < -0.39 is 17.4 Å². The molecule has 11 heteroatoms. The molecular weight excluding hydrogens is 491 g/mol. The number of Topliss-reactive ketones (excluding diaryl/α,β-unsaturated/α-hetero) is 1. The third-order valence-electron chi connectivity index (χ3n) is 5.95. The summed E-state index contributed by atoms with van der Waals surface area (Å²) in [6.07, 6.45) is -0.684. The topological polar surface area (TPSA) is 90.6 Å². The summed E-state index contributed by atoms with van der Waals surface area (Å²) < 4.78 is 39.9. The van der Waals surface area contributed by atoms with E-state index in [0.29, 0.717) is 28.1 Å². The van der Waals surface area contributed by atoms with Crippen molar-refractivity contribution in [3.05, 3.63) is 86.9 Å². The van der Waals surface area contributed by atoms with Crippen molar-refractivity contribution in [2.24, 2.45) is 0 Å². The number of rotatable bonds is 6. The number of pyridine rings is 3. The minimum absolute atomic E-state index is 0.0931. The summed E-state index contributed by atoms with van der Waals surface area (Å²) in [7, 11) is 0. The Kier molecular flexibility index (Phi) is 6.09. The van der Waals surface area contributed by atoms with E-state index in [4.69, 9.17) is 0 Å². The molecule has 0 N–H and O–H groups in total. The molecule has 0 bridgehead atoms. The van der Waals surface area contributed by atoms with Crippen LogP contribution in [0.4, 0.5) is 13.2 Å². The summed E-state index contributed by atoms with van der Waals surface area (Å²) in [6.45, 7) is 2.01. The summed E-state index contributed by atoms with van der Waals surface area (Å²) in [6, 6.07) is 9.17. The zero-order chi connectivity index (χ0) is 25.4. The smallest absolute Gasteiger partial charge is 0.294 e. The Morgan fingerprint density at radius 3 is 2.56 bits per heavy atom. The van der Waals surface area contributed by atoms with Gasteiger partial charge in [-0.15, -0.1) is 10.2 Å². The van der Waals surface area contributed by atoms with Crippen LogP contribution in [-0.2, 0) is 6.18 Å². The maximum atomic E-state index is 13.2. The summed E-state index contributed by atoms with van der Waals surface area (Å²) in [5, 5.41) is 11.8. The van der Waals surface area contributed by atoms with Crippen LogP contribution in [0, 0.1) is 0 Å². The molecule has 0 aromatic carbocycles. The van der Waals surface area contributed by atoms with Gasteiger partial charge in [-0.05, 0) is 48.1 Å². The number of hydrogen-bond acceptors (Lipinski definition) is 7. The lowest BCUT2D eigenvalue weighted by atomic mass is 9.97. The average molecular weight is 510 g/mol. The zero-order valence-corrected chi connectivity index (χ0v) is 19.7. The highest BCUT2D eigenvalue weighted by Gasteiger charge is 2.33. The van der Waals surface area contributed by atoms with Gasteiger partial charge >= 0.3 is 6.18 Å². The van der Waals surface area contributed by atoms with Crippen molar-refractivity contribution in [2.45, 2.75) is 31.9 Å². The Morgan fingerprint density at radius 2 is 1.86 bits per heavy atom. The Balaban J connectivity index is 1.53. The normalized spacial score (nSPS) is 12.8. The zero-order valence-electron chi connectivity index (χ0n) is 18.9. The van der Waals surface area contributed by atoms with Crippen molar-refractivity contribution in [3.63, 3.8) is 0 Å². The molecule has 36 heavy (non-hydrogen) atoms. The average Bonchev–Trinajstić information content (AvgIpc) is 3.38. The van der Waals surface area contributed by atoms with Crippen LogP contribution in [0.3, 0.4) is 0 Å². The van der Waals surface area contributed by atoms with Crippen molar-refractivity contribution in [2.75, 3.05) is 0 Å². The first-order valence-corrected chi connectivity index (χ1v) is 11.9. The first-order chi connectivity index (χ1) is 17.2. The maximum Gasteiger partial charge on any atom is 0.435 e. The monoisotopic (exact) mass is 509 g/mol. The van der Waals surface area contributed by atoms with Gasteiger partial charge in [-0.25, -0.2) is 9.55 Å². The number of aromatic nitrogens is 5. The van der Waals surface area contributed by atoms with Crippen LogP contribution >= 0.6 is 11.3 Å². The summed E-state index contributed by atoms with van der Waals surface area (Å²) in [5.41, 5.74) is -0.182. The number of carbonyl (C=O) groups is 1. The summed E-state index contributed by atoms with van der Waals surface area (Å²) >= 11 is 1.30. The molecule has 5 rings (SSSR count). The largest absolute Gasteiger partial charge is 0.435 e. The summed E-state index contributed by atoms with van der Waals surface area (Å²) in [5.74, 6) is -0.111. The highest BCUT2D eigenvalue weighted by molar-refractivity contribution is 7.09. The number of thiophene rings is 1. The molecule has 0 spiro atoms. The molecular formula is C25H18F3N5O2S. The maximum absolute atomic E-state index is 13.2. The molecule has 0 unspecified atom stereocenters. The standard InChI is InChI=1S/C25H18F3N5O2S/c1-14(19-4-2-3-9-29-19)5-6-20(34)15-10-16-17-12-36-13-18(17)24(35)33(23(16)30-11-15)22-8-7-21(31-32-22)25(26,27)28/h2-4,7-14H,5-6H2,1H3/t14-/m1/s1. The van der Waals surface area contributed by atoms with Gasteiger partial charge in [0, 0.05) is 46.2 Å². The second-order valence-corrected chi connectivity index (χ2v) is 9.07. The molecule has 1 atom stereocenters. The first kappa shape index (κ1) is 23.7. The van der Waals surface area contributed by atoms with Gasteiger partial charge in [-0.3, -0.25) is 14.6 Å². The molecule has 182 valence electrons. The first-order valence-electron chi connectivity index (χ1n) is 11.0. The van der Waals surface area contributed by atoms with Gasteiger partial charge in [0.25, 0.3) is 5.56 Å². The molecule has 0 amide bonds. The fourth-order valence-corrected chi connectivity index (χ4v) is 4.81. The van der Waals surface area contributed by atoms with Crippen LogP contribution in [0.25, 0.3) is 27.6 Å². The minimum atomic E-state index is -4.66. The third kappa shape index (κ3) is 4.37. The number of alkyl halides is 3. The lowest BCUT2D eigenvalue weighted by Gasteiger charge is -2.12. The van der Waals surface area contributed by atoms with Gasteiger partial charge in [0.15, 0.2) is 17.3 Å². The molecule has 7 nitrogen and oxygen atoms in total. The lowest BCUT2D eigenvalue weighted by molar-refractivity contribution is -0.141. The van der Waals surface area contributed by atoms with E-state index in [9.17, 15) is 22.8 Å². The molecule has 0 radical (unpaired) electrons. The number of fused-ring (bicyclic) bond motifs is 3. The fraction of sp³-hybridized carbons (Fsp3) is 0.200. The molecule has 0 aliphatic heterocycles. The molecule has 0 aliphatic rings. The van der Waals surface area contributed by atoms with Crippen LogP contribution in [-0.4, -0.2) is 30.5 Å². The van der Waals surface area contributed by atoms with Gasteiger partial charge < -0.3 is 0 Å². The predicted octanol–water partition coefficient (Wildman–Crippen LogP) is 5.57. The predicted molar refractivity (Wildman–Crippen MR) is 130 cm³/mol. The van der Waals surface area contributed by atoms with E-state index in [1.807, 2.05) is 25.1 Å². The Labute approximate surface area is 206 Å². The highest BCUT2D eigenvalue weighted by Crippen LogP contribution is 2.29. The van der Waals surface area contributed by atoms with Crippen molar-refractivity contribution in [1.82, 2.24) is 24.7 Å². The molecule has 5 aromatic heterocycles. The molecule has 0 fully saturated rings. The fourth-order valence-electron chi connectivity index (χ4n) is 3.99. The number of nitrogens with zero attached hydrogens (tertiary/aromatic N) is 5. The van der Waals surface area contributed by atoms with Crippen LogP contribution in [0.15, 0.2) is 64.3 Å². The lowest BCUT2D eigenvalue weighted by Crippen LogP contribution is -2.22. The van der Waals surface area contributed by atoms with E-state index in [-0.39, 0.29) is 29.6 Å². The van der Waals surface area contributed by atoms with Gasteiger partial charge in [0.2, 0.25) is 0 Å². The highest BCUT2D eigenvalue weighted by atomic mass is 32.1. The molecule has 0 aliphatic carbocycles. The number of carbonyl (C=O) groups excluding carboxylic acids is 1. The number of ketones is 1. The van der Waals surface area contributed by atoms with Crippen molar-refractivity contribution in [3.8, 4) is 5.82 Å². The number of halogens is 3. The third-order valence-corrected chi connectivity index (χ3v) is 6.70. The summed E-state index contributed by atoms with van der Waals surface area (Å²) in [4.78, 5) is 34.9. The second-order valence-electron chi connectivity index (χ2n) is 8.33. The molecule has 5 heterocycles. The minimum Gasteiger partial charge on any atom is -0.294 e. The van der Waals surface area contributed by atoms with Crippen LogP contribution in [0.5, 0.6) is 0 Å². The van der Waals surface area contributed by atoms with E-state index in [1.165, 1.54) is 17.5 Å². The van der Waals surface area contributed by atoms with Crippen molar-refractivity contribution in [1.29, 1.82) is 0 Å².